The molecule has 1 saturated heterocycles. The van der Waals surface area contributed by atoms with Gasteiger partial charge in [-0.15, -0.1) is 0 Å². The van der Waals surface area contributed by atoms with Crippen molar-refractivity contribution in [2.75, 3.05) is 6.54 Å². The average molecular weight is 270 g/mol. The van der Waals surface area contributed by atoms with Crippen LogP contribution in [0.5, 0.6) is 0 Å². The number of carbonyl (C=O) groups is 2. The van der Waals surface area contributed by atoms with Crippen LogP contribution in [0.15, 0.2) is 0 Å². The van der Waals surface area contributed by atoms with Crippen molar-refractivity contribution in [1.82, 2.24) is 10.2 Å². The highest BCUT2D eigenvalue weighted by atomic mass is 16.4. The first kappa shape index (κ1) is 14.1. The van der Waals surface area contributed by atoms with Crippen LogP contribution in [0, 0.1) is 5.92 Å². The highest BCUT2D eigenvalue weighted by molar-refractivity contribution is 5.83. The first-order valence-electron chi connectivity index (χ1n) is 6.97. The van der Waals surface area contributed by atoms with E-state index in [4.69, 9.17) is 5.11 Å². The number of β-amino-alcohol motifs (C(OH)–C–C–N with tert-alkyl or cyclic N) is 1. The van der Waals surface area contributed by atoms with Gasteiger partial charge >= 0.3 is 12.0 Å². The van der Waals surface area contributed by atoms with Gasteiger partial charge in [-0.1, -0.05) is 19.8 Å². The van der Waals surface area contributed by atoms with Gasteiger partial charge in [0.15, 0.2) is 0 Å². The maximum Gasteiger partial charge on any atom is 0.326 e. The van der Waals surface area contributed by atoms with Gasteiger partial charge in [0.25, 0.3) is 0 Å². The third-order valence-electron chi connectivity index (χ3n) is 4.25. The largest absolute Gasteiger partial charge is 0.480 e. The van der Waals surface area contributed by atoms with E-state index < -0.39 is 18.1 Å². The fourth-order valence-corrected chi connectivity index (χ4v) is 3.04. The third kappa shape index (κ3) is 3.18. The lowest BCUT2D eigenvalue weighted by molar-refractivity contribution is -0.141. The number of aliphatic carboxylic acids is 1. The molecule has 0 spiro atoms. The minimum atomic E-state index is -1.05. The Morgan fingerprint density at radius 2 is 1.95 bits per heavy atom. The Bertz CT molecular complexity index is 361. The fraction of sp³-hybridized carbons (Fsp3) is 0.846. The molecule has 2 fully saturated rings. The molecule has 0 aromatic heterocycles. The maximum absolute atomic E-state index is 12.2. The topological polar surface area (TPSA) is 89.9 Å². The van der Waals surface area contributed by atoms with Crippen molar-refractivity contribution in [1.29, 1.82) is 0 Å². The summed E-state index contributed by atoms with van der Waals surface area (Å²) in [4.78, 5) is 24.5. The van der Waals surface area contributed by atoms with Gasteiger partial charge in [-0.2, -0.15) is 0 Å². The van der Waals surface area contributed by atoms with Gasteiger partial charge in [-0.05, 0) is 18.8 Å². The van der Waals surface area contributed by atoms with E-state index in [1.165, 1.54) is 11.3 Å². The number of hydrogen-bond donors (Lipinski definition) is 3. The van der Waals surface area contributed by atoms with Gasteiger partial charge in [0.2, 0.25) is 0 Å². The second-order valence-electron chi connectivity index (χ2n) is 5.71. The van der Waals surface area contributed by atoms with Crippen LogP contribution in [0.4, 0.5) is 4.79 Å². The summed E-state index contributed by atoms with van der Waals surface area (Å²) < 4.78 is 0. The minimum absolute atomic E-state index is 0.101. The van der Waals surface area contributed by atoms with Crippen LogP contribution in [0.3, 0.4) is 0 Å². The van der Waals surface area contributed by atoms with Crippen LogP contribution in [0.1, 0.15) is 39.0 Å². The highest BCUT2D eigenvalue weighted by Gasteiger charge is 2.39. The summed E-state index contributed by atoms with van der Waals surface area (Å²) in [6.07, 6.45) is 3.70. The number of carboxylic acids is 1. The monoisotopic (exact) mass is 270 g/mol. The molecule has 0 aromatic rings. The summed E-state index contributed by atoms with van der Waals surface area (Å²) in [5.41, 5.74) is 0. The highest BCUT2D eigenvalue weighted by Crippen LogP contribution is 2.25. The molecule has 1 aliphatic heterocycles. The first-order chi connectivity index (χ1) is 8.99. The lowest BCUT2D eigenvalue weighted by atomic mass is 9.86. The standard InChI is InChI=1S/C13H22N2O4/c1-8-4-2-3-5-10(8)14-13(19)15-7-9(16)6-11(15)12(17)18/h8-11,16H,2-7H2,1H3,(H,14,19)(H,17,18). The second kappa shape index (κ2) is 5.77. The molecule has 4 atom stereocenters. The molecule has 2 aliphatic rings. The number of urea groups is 1. The van der Waals surface area contributed by atoms with E-state index in [1.54, 1.807) is 0 Å². The molecule has 1 saturated carbocycles. The number of aliphatic hydroxyl groups excluding tert-OH is 1. The molecule has 0 aromatic carbocycles. The summed E-state index contributed by atoms with van der Waals surface area (Å²) in [5, 5.41) is 21.5. The van der Waals surface area contributed by atoms with Gasteiger partial charge in [0.1, 0.15) is 6.04 Å². The van der Waals surface area contributed by atoms with Crippen LogP contribution < -0.4 is 5.32 Å². The van der Waals surface area contributed by atoms with Crippen LogP contribution in [-0.4, -0.2) is 51.8 Å². The van der Waals surface area contributed by atoms with Gasteiger partial charge in [-0.3, -0.25) is 0 Å². The molecule has 19 heavy (non-hydrogen) atoms. The fourth-order valence-electron chi connectivity index (χ4n) is 3.04. The summed E-state index contributed by atoms with van der Waals surface area (Å²) in [5.74, 6) is -0.628. The van der Waals surface area contributed by atoms with E-state index in [1.807, 2.05) is 0 Å². The predicted molar refractivity (Wildman–Crippen MR) is 68.7 cm³/mol. The summed E-state index contributed by atoms with van der Waals surface area (Å²) in [6.45, 7) is 2.21. The molecule has 1 aliphatic carbocycles. The van der Waals surface area contributed by atoms with Crippen molar-refractivity contribution in [3.63, 3.8) is 0 Å². The van der Waals surface area contributed by atoms with Crippen molar-refractivity contribution >= 4 is 12.0 Å². The number of aliphatic hydroxyl groups is 1. The molecule has 0 radical (unpaired) electrons. The Balaban J connectivity index is 1.96. The zero-order valence-electron chi connectivity index (χ0n) is 11.2. The van der Waals surface area contributed by atoms with Gasteiger partial charge in [-0.25, -0.2) is 9.59 Å². The molecular weight excluding hydrogens is 248 g/mol. The first-order valence-corrected chi connectivity index (χ1v) is 6.97. The van der Waals surface area contributed by atoms with Gasteiger partial charge in [0, 0.05) is 19.0 Å². The van der Waals surface area contributed by atoms with Gasteiger partial charge in [0.05, 0.1) is 6.10 Å². The lowest BCUT2D eigenvalue weighted by Gasteiger charge is -2.32. The molecule has 2 amide bonds. The molecule has 1 heterocycles. The Hall–Kier alpha value is -1.30. The van der Waals surface area contributed by atoms with E-state index in [0.29, 0.717) is 5.92 Å². The van der Waals surface area contributed by atoms with E-state index in [2.05, 4.69) is 12.2 Å². The van der Waals surface area contributed by atoms with Crippen LogP contribution in [0.2, 0.25) is 0 Å². The summed E-state index contributed by atoms with van der Waals surface area (Å²) in [7, 11) is 0. The summed E-state index contributed by atoms with van der Waals surface area (Å²) in [6, 6.07) is -1.15. The minimum Gasteiger partial charge on any atom is -0.480 e. The quantitative estimate of drug-likeness (QED) is 0.692. The van der Waals surface area contributed by atoms with Crippen LogP contribution in [0.25, 0.3) is 0 Å². The molecule has 6 nitrogen and oxygen atoms in total. The second-order valence-corrected chi connectivity index (χ2v) is 5.71. The Kier molecular flexibility index (Phi) is 4.29. The van der Waals surface area contributed by atoms with E-state index in [9.17, 15) is 14.7 Å². The normalized spacial score (nSPS) is 35.2. The van der Waals surface area contributed by atoms with Crippen molar-refractivity contribution in [3.8, 4) is 0 Å². The zero-order chi connectivity index (χ0) is 14.0. The van der Waals surface area contributed by atoms with Crippen molar-refractivity contribution in [2.24, 2.45) is 5.92 Å². The van der Waals surface area contributed by atoms with Gasteiger partial charge < -0.3 is 20.4 Å². The van der Waals surface area contributed by atoms with E-state index >= 15 is 0 Å². The summed E-state index contributed by atoms with van der Waals surface area (Å²) >= 11 is 0. The predicted octanol–water partition coefficient (Wildman–Crippen LogP) is 0.794. The Labute approximate surface area is 112 Å². The number of carboxylic acid groups (broad SMARTS) is 1. The molecule has 3 N–H and O–H groups in total. The van der Waals surface area contributed by atoms with E-state index in [-0.39, 0.29) is 25.0 Å². The van der Waals surface area contributed by atoms with Crippen molar-refractivity contribution in [3.05, 3.63) is 0 Å². The molecule has 4 unspecified atom stereocenters. The number of nitrogens with one attached hydrogen (secondary N) is 1. The molecule has 6 heteroatoms. The van der Waals surface area contributed by atoms with Crippen LogP contribution in [-0.2, 0) is 4.79 Å². The van der Waals surface area contributed by atoms with Crippen LogP contribution >= 0.6 is 0 Å². The Morgan fingerprint density at radius 1 is 1.26 bits per heavy atom. The lowest BCUT2D eigenvalue weighted by Crippen LogP contribution is -2.51. The number of likely N-dealkylation sites (tertiary alicyclic amines) is 1. The molecule has 0 bridgehead atoms. The number of hydrogen-bond acceptors (Lipinski definition) is 3. The zero-order valence-corrected chi connectivity index (χ0v) is 11.2. The number of rotatable bonds is 2. The molecular formula is C13H22N2O4. The average Bonchev–Trinajstić information content (AvgIpc) is 2.74. The van der Waals surface area contributed by atoms with E-state index in [0.717, 1.165) is 19.3 Å². The maximum atomic E-state index is 12.2. The third-order valence-corrected chi connectivity index (χ3v) is 4.25. The van der Waals surface area contributed by atoms with Crippen molar-refractivity contribution in [2.45, 2.75) is 57.2 Å². The Morgan fingerprint density at radius 3 is 2.58 bits per heavy atom. The number of amides is 2. The van der Waals surface area contributed by atoms with Crippen molar-refractivity contribution < 1.29 is 19.8 Å². The number of nitrogens with zero attached hydrogens (tertiary/aromatic N) is 1. The number of carbonyl (C=O) groups excluding carboxylic acids is 1. The molecule has 2 rings (SSSR count). The smallest absolute Gasteiger partial charge is 0.326 e. The SMILES string of the molecule is CC1CCCCC1NC(=O)N1CC(O)CC1C(=O)O. The molecule has 108 valence electrons.